The molecule has 0 aliphatic carbocycles. The lowest BCUT2D eigenvalue weighted by atomic mass is 9.91. The normalized spacial score (nSPS) is 22.7. The van der Waals surface area contributed by atoms with Gasteiger partial charge in [0.2, 0.25) is 0 Å². The van der Waals surface area contributed by atoms with Gasteiger partial charge in [-0.25, -0.2) is 0 Å². The van der Waals surface area contributed by atoms with Crippen LogP contribution in [-0.2, 0) is 4.74 Å². The van der Waals surface area contributed by atoms with Gasteiger partial charge in [-0.05, 0) is 30.5 Å². The summed E-state index contributed by atoms with van der Waals surface area (Å²) in [6.45, 7) is 6.10. The first-order chi connectivity index (χ1) is 8.73. The third-order valence-corrected chi connectivity index (χ3v) is 4.06. The zero-order valence-corrected chi connectivity index (χ0v) is 11.5. The van der Waals surface area contributed by atoms with Crippen LogP contribution < -0.4 is 10.1 Å². The molecule has 1 heterocycles. The van der Waals surface area contributed by atoms with E-state index in [0.717, 1.165) is 31.7 Å². The number of morpholine rings is 1. The summed E-state index contributed by atoms with van der Waals surface area (Å²) < 4.78 is 11.2. The largest absolute Gasteiger partial charge is 0.497 e. The fraction of sp³-hybridized carbons (Fsp3) is 0.600. The van der Waals surface area contributed by atoms with E-state index < -0.39 is 0 Å². The molecule has 3 nitrogen and oxygen atoms in total. The van der Waals surface area contributed by atoms with Crippen molar-refractivity contribution in [1.29, 1.82) is 0 Å². The van der Waals surface area contributed by atoms with Gasteiger partial charge in [0.25, 0.3) is 0 Å². The molecule has 2 rings (SSSR count). The molecule has 1 unspecified atom stereocenters. The van der Waals surface area contributed by atoms with Crippen molar-refractivity contribution in [3.8, 4) is 5.75 Å². The molecular formula is C15H23NO2. The van der Waals surface area contributed by atoms with E-state index in [1.165, 1.54) is 5.56 Å². The molecule has 1 aliphatic rings. The van der Waals surface area contributed by atoms with Gasteiger partial charge in [0.05, 0.1) is 19.8 Å². The van der Waals surface area contributed by atoms with Crippen LogP contribution in [0.5, 0.6) is 5.75 Å². The average molecular weight is 249 g/mol. The zero-order chi connectivity index (χ0) is 13.0. The van der Waals surface area contributed by atoms with Crippen molar-refractivity contribution >= 4 is 0 Å². The molecule has 1 aliphatic heterocycles. The highest BCUT2D eigenvalue weighted by molar-refractivity contribution is 5.29. The lowest BCUT2D eigenvalue weighted by Crippen LogP contribution is -2.54. The summed E-state index contributed by atoms with van der Waals surface area (Å²) in [5, 5.41) is 3.65. The van der Waals surface area contributed by atoms with Crippen LogP contribution in [0.4, 0.5) is 0 Å². The van der Waals surface area contributed by atoms with Crippen LogP contribution in [0.3, 0.4) is 0 Å². The molecule has 0 amide bonds. The predicted molar refractivity (Wildman–Crippen MR) is 73.0 cm³/mol. The van der Waals surface area contributed by atoms with Crippen LogP contribution in [0.15, 0.2) is 24.3 Å². The number of methoxy groups -OCH3 is 1. The quantitative estimate of drug-likeness (QED) is 0.890. The Morgan fingerprint density at radius 2 is 1.94 bits per heavy atom. The zero-order valence-electron chi connectivity index (χ0n) is 11.5. The Balaban J connectivity index is 2.00. The summed E-state index contributed by atoms with van der Waals surface area (Å²) in [6.07, 6.45) is 2.37. The lowest BCUT2D eigenvalue weighted by molar-refractivity contribution is -0.0374. The summed E-state index contributed by atoms with van der Waals surface area (Å²) in [5.74, 6) is 0.888. The second-order valence-electron chi connectivity index (χ2n) is 4.94. The molecule has 1 aromatic carbocycles. The minimum absolute atomic E-state index is 0.155. The third-order valence-electron chi connectivity index (χ3n) is 4.06. The van der Waals surface area contributed by atoms with Crippen molar-refractivity contribution in [2.45, 2.75) is 38.3 Å². The topological polar surface area (TPSA) is 30.5 Å². The Bertz CT molecular complexity index is 361. The number of benzene rings is 1. The van der Waals surface area contributed by atoms with Gasteiger partial charge in [0.15, 0.2) is 0 Å². The highest BCUT2D eigenvalue weighted by Crippen LogP contribution is 2.28. The molecule has 1 aromatic rings. The van der Waals surface area contributed by atoms with Gasteiger partial charge < -0.3 is 14.8 Å². The maximum Gasteiger partial charge on any atom is 0.118 e. The van der Waals surface area contributed by atoms with E-state index in [2.05, 4.69) is 31.3 Å². The molecule has 100 valence electrons. The molecule has 0 radical (unpaired) electrons. The van der Waals surface area contributed by atoms with Crippen LogP contribution in [0, 0.1) is 0 Å². The summed E-state index contributed by atoms with van der Waals surface area (Å²) >= 11 is 0. The first kappa shape index (κ1) is 13.4. The summed E-state index contributed by atoms with van der Waals surface area (Å²) in [7, 11) is 1.69. The molecule has 18 heavy (non-hydrogen) atoms. The molecule has 1 atom stereocenters. The van der Waals surface area contributed by atoms with Crippen LogP contribution in [0.2, 0.25) is 0 Å². The highest BCUT2D eigenvalue weighted by Gasteiger charge is 2.32. The number of hydrogen-bond acceptors (Lipinski definition) is 3. The molecule has 0 bridgehead atoms. The summed E-state index contributed by atoms with van der Waals surface area (Å²) in [4.78, 5) is 0. The fourth-order valence-electron chi connectivity index (χ4n) is 2.42. The molecule has 1 saturated heterocycles. The molecule has 1 fully saturated rings. The second-order valence-corrected chi connectivity index (χ2v) is 4.94. The lowest BCUT2D eigenvalue weighted by Gasteiger charge is -2.40. The van der Waals surface area contributed by atoms with E-state index in [9.17, 15) is 0 Å². The van der Waals surface area contributed by atoms with Gasteiger partial charge >= 0.3 is 0 Å². The smallest absolute Gasteiger partial charge is 0.118 e. The number of nitrogens with one attached hydrogen (secondary N) is 1. The summed E-state index contributed by atoms with van der Waals surface area (Å²) in [5.41, 5.74) is 1.38. The van der Waals surface area contributed by atoms with Gasteiger partial charge in [-0.3, -0.25) is 0 Å². The monoisotopic (exact) mass is 249 g/mol. The van der Waals surface area contributed by atoms with Gasteiger partial charge in [0.1, 0.15) is 5.75 Å². The predicted octanol–water partition coefficient (Wildman–Crippen LogP) is 2.91. The van der Waals surface area contributed by atoms with Gasteiger partial charge in [-0.15, -0.1) is 0 Å². The molecule has 3 heteroatoms. The van der Waals surface area contributed by atoms with Crippen LogP contribution in [0.1, 0.15) is 38.4 Å². The highest BCUT2D eigenvalue weighted by atomic mass is 16.5. The summed E-state index contributed by atoms with van der Waals surface area (Å²) in [6, 6.07) is 8.13. The van der Waals surface area contributed by atoms with E-state index in [-0.39, 0.29) is 11.6 Å². The van der Waals surface area contributed by atoms with Crippen molar-refractivity contribution in [3.63, 3.8) is 0 Å². The maximum absolute atomic E-state index is 6.03. The minimum Gasteiger partial charge on any atom is -0.497 e. The van der Waals surface area contributed by atoms with Gasteiger partial charge in [0, 0.05) is 12.1 Å². The Kier molecular flexibility index (Phi) is 4.25. The fourth-order valence-corrected chi connectivity index (χ4v) is 2.42. The molecule has 0 aromatic heterocycles. The molecule has 1 N–H and O–H groups in total. The standard InChI is InChI=1S/C15H23NO2/c1-4-15(5-2)11-18-14(10-16-15)12-6-8-13(17-3)9-7-12/h6-9,14,16H,4-5,10-11H2,1-3H3. The Morgan fingerprint density at radius 1 is 1.28 bits per heavy atom. The molecule has 0 spiro atoms. The number of rotatable bonds is 4. The van der Waals surface area contributed by atoms with E-state index in [4.69, 9.17) is 9.47 Å². The SMILES string of the molecule is CCC1(CC)COC(c2ccc(OC)cc2)CN1. The van der Waals surface area contributed by atoms with Crippen molar-refractivity contribution in [2.24, 2.45) is 0 Å². The van der Waals surface area contributed by atoms with Crippen molar-refractivity contribution in [3.05, 3.63) is 29.8 Å². The maximum atomic E-state index is 6.03. The number of hydrogen-bond donors (Lipinski definition) is 1. The van der Waals surface area contributed by atoms with Crippen molar-refractivity contribution < 1.29 is 9.47 Å². The van der Waals surface area contributed by atoms with E-state index in [1.54, 1.807) is 7.11 Å². The van der Waals surface area contributed by atoms with Crippen molar-refractivity contribution in [1.82, 2.24) is 5.32 Å². The van der Waals surface area contributed by atoms with Crippen LogP contribution in [-0.4, -0.2) is 25.8 Å². The molecule has 0 saturated carbocycles. The molecular weight excluding hydrogens is 226 g/mol. The minimum atomic E-state index is 0.155. The average Bonchev–Trinajstić information content (AvgIpc) is 2.47. The number of ether oxygens (including phenoxy) is 2. The Hall–Kier alpha value is -1.06. The Morgan fingerprint density at radius 3 is 2.39 bits per heavy atom. The van der Waals surface area contributed by atoms with Gasteiger partial charge in [-0.2, -0.15) is 0 Å². The van der Waals surface area contributed by atoms with E-state index >= 15 is 0 Å². The Labute approximate surface area is 109 Å². The van der Waals surface area contributed by atoms with Gasteiger partial charge in [-0.1, -0.05) is 26.0 Å². The van der Waals surface area contributed by atoms with Crippen LogP contribution >= 0.6 is 0 Å². The van der Waals surface area contributed by atoms with E-state index in [1.807, 2.05) is 12.1 Å². The van der Waals surface area contributed by atoms with Crippen LogP contribution in [0.25, 0.3) is 0 Å². The van der Waals surface area contributed by atoms with E-state index in [0.29, 0.717) is 0 Å². The first-order valence-corrected chi connectivity index (χ1v) is 6.73. The third kappa shape index (κ3) is 2.68. The van der Waals surface area contributed by atoms with Crippen molar-refractivity contribution in [2.75, 3.05) is 20.3 Å². The second kappa shape index (κ2) is 5.72. The first-order valence-electron chi connectivity index (χ1n) is 6.73.